The Bertz CT molecular complexity index is 4150. The van der Waals surface area contributed by atoms with Crippen LogP contribution in [-0.4, -0.2) is 15.0 Å². The standard InChI is InChI=1S/C70H49N3O2S2/c1-7-23-49(24-8-1)48-76(53-25-9-2-10-26-53,54-27-11-3-12-28-54)58-43-52(44-59(47-58)77(55-29-13-4-14-30-55,56-31-15-5-16-32-56)57-33-17-6-18-34-57)70-72-68(50-39-41-66-62(45-50)60-35-19-21-37-64(60)74-66)71-69(73-70)51-40-42-67-63(46-51)61-36-20-22-38-65(61)75-67/h1-47H,48H2. The number of nitrogens with zero attached hydrogens (tertiary/aromatic N) is 3. The summed E-state index contributed by atoms with van der Waals surface area (Å²) in [7, 11) is -4.37. The van der Waals surface area contributed by atoms with Crippen molar-refractivity contribution in [2.75, 3.05) is 0 Å². The Morgan fingerprint density at radius 2 is 0.610 bits per heavy atom. The molecule has 368 valence electrons. The van der Waals surface area contributed by atoms with Crippen LogP contribution in [0.25, 0.3) is 78.0 Å². The molecule has 3 heterocycles. The van der Waals surface area contributed by atoms with Crippen molar-refractivity contribution in [2.24, 2.45) is 0 Å². The van der Waals surface area contributed by atoms with Crippen LogP contribution in [0.5, 0.6) is 0 Å². The molecule has 0 amide bonds. The summed E-state index contributed by atoms with van der Waals surface area (Å²) in [6, 6.07) is 103. The first kappa shape index (κ1) is 46.3. The molecule has 11 aromatic carbocycles. The number of aromatic nitrogens is 3. The van der Waals surface area contributed by atoms with Crippen molar-refractivity contribution in [1.82, 2.24) is 15.0 Å². The highest BCUT2D eigenvalue weighted by Gasteiger charge is 2.38. The van der Waals surface area contributed by atoms with Crippen molar-refractivity contribution in [3.05, 3.63) is 291 Å². The fourth-order valence-corrected chi connectivity index (χ4v) is 19.0. The van der Waals surface area contributed by atoms with Crippen LogP contribution in [0.4, 0.5) is 0 Å². The first-order valence-corrected chi connectivity index (χ1v) is 29.2. The van der Waals surface area contributed by atoms with Gasteiger partial charge in [-0.25, -0.2) is 15.0 Å². The summed E-state index contributed by atoms with van der Waals surface area (Å²) >= 11 is 0. The van der Waals surface area contributed by atoms with Gasteiger partial charge in [-0.3, -0.25) is 0 Å². The molecule has 14 rings (SSSR count). The first-order valence-electron chi connectivity index (χ1n) is 25.8. The highest BCUT2D eigenvalue weighted by atomic mass is 32.3. The fraction of sp³-hybridized carbons (Fsp3) is 0.0143. The largest absolute Gasteiger partial charge is 0.456 e. The van der Waals surface area contributed by atoms with E-state index in [1.54, 1.807) is 0 Å². The molecule has 0 saturated heterocycles. The highest BCUT2D eigenvalue weighted by Crippen LogP contribution is 2.76. The predicted octanol–water partition coefficient (Wildman–Crippen LogP) is 19.5. The van der Waals surface area contributed by atoms with Gasteiger partial charge in [0.2, 0.25) is 0 Å². The minimum Gasteiger partial charge on any atom is -0.456 e. The third kappa shape index (κ3) is 8.11. The van der Waals surface area contributed by atoms with Crippen LogP contribution in [0.15, 0.2) is 328 Å². The number of para-hydroxylation sites is 2. The van der Waals surface area contributed by atoms with Gasteiger partial charge in [-0.05, 0) is 143 Å². The normalized spacial score (nSPS) is 12.4. The molecule has 77 heavy (non-hydrogen) atoms. The maximum Gasteiger partial charge on any atom is 0.164 e. The molecular formula is C70H49N3O2S2. The zero-order chi connectivity index (χ0) is 51.2. The molecule has 0 radical (unpaired) electrons. The SMILES string of the molecule is c1ccc(CS(c2ccccc2)(c2ccccc2)c2cc(-c3nc(-c4ccc5oc6ccccc6c5c4)nc(-c4ccc5oc6ccccc6c5c4)n3)cc(S(c3ccccc3)(c3ccccc3)c3ccccc3)c2)cc1. The van der Waals surface area contributed by atoms with Crippen LogP contribution in [0, 0.1) is 0 Å². The molecule has 0 bridgehead atoms. The Balaban J connectivity index is 1.12. The molecule has 0 saturated carbocycles. The van der Waals surface area contributed by atoms with E-state index in [1.165, 1.54) is 39.8 Å². The Kier molecular flexibility index (Phi) is 11.7. The van der Waals surface area contributed by atoms with E-state index >= 15 is 0 Å². The van der Waals surface area contributed by atoms with Crippen molar-refractivity contribution >= 4 is 63.9 Å². The number of furan rings is 2. The van der Waals surface area contributed by atoms with Gasteiger partial charge in [0.1, 0.15) is 22.3 Å². The van der Waals surface area contributed by atoms with E-state index in [9.17, 15) is 0 Å². The van der Waals surface area contributed by atoms with Crippen molar-refractivity contribution in [2.45, 2.75) is 40.0 Å². The number of fused-ring (bicyclic) bond motifs is 6. The molecule has 0 aliphatic rings. The van der Waals surface area contributed by atoms with Gasteiger partial charge in [0.15, 0.2) is 17.5 Å². The van der Waals surface area contributed by atoms with Crippen LogP contribution < -0.4 is 0 Å². The van der Waals surface area contributed by atoms with E-state index in [0.717, 1.165) is 66.3 Å². The smallest absolute Gasteiger partial charge is 0.164 e. The van der Waals surface area contributed by atoms with Gasteiger partial charge in [-0.2, -0.15) is 10.0 Å². The molecule has 0 aliphatic heterocycles. The summed E-state index contributed by atoms with van der Waals surface area (Å²) in [6.45, 7) is 0. The lowest BCUT2D eigenvalue weighted by atomic mass is 10.1. The highest BCUT2D eigenvalue weighted by molar-refractivity contribution is 8.34. The van der Waals surface area contributed by atoms with Crippen LogP contribution >= 0.6 is 20.1 Å². The van der Waals surface area contributed by atoms with Gasteiger partial charge < -0.3 is 8.83 Å². The van der Waals surface area contributed by atoms with Crippen LogP contribution in [-0.2, 0) is 5.75 Å². The van der Waals surface area contributed by atoms with Crippen molar-refractivity contribution in [1.29, 1.82) is 0 Å². The number of hydrogen-bond donors (Lipinski definition) is 0. The molecule has 0 atom stereocenters. The van der Waals surface area contributed by atoms with E-state index in [-0.39, 0.29) is 0 Å². The summed E-state index contributed by atoms with van der Waals surface area (Å²) in [5, 5.41) is 4.07. The van der Waals surface area contributed by atoms with Crippen molar-refractivity contribution in [3.63, 3.8) is 0 Å². The molecular weight excluding hydrogens is 979 g/mol. The van der Waals surface area contributed by atoms with Crippen molar-refractivity contribution < 1.29 is 8.83 Å². The summed E-state index contributed by atoms with van der Waals surface area (Å²) in [5.74, 6) is 2.45. The lowest BCUT2D eigenvalue weighted by Gasteiger charge is -2.45. The zero-order valence-electron chi connectivity index (χ0n) is 41.8. The monoisotopic (exact) mass is 1030 g/mol. The number of benzene rings is 11. The Morgan fingerprint density at radius 3 is 1.05 bits per heavy atom. The molecule has 0 fully saturated rings. The van der Waals surface area contributed by atoms with Crippen LogP contribution in [0.2, 0.25) is 0 Å². The first-order chi connectivity index (χ1) is 38.1. The Hall–Kier alpha value is -9.27. The average molecular weight is 1030 g/mol. The predicted molar refractivity (Wildman–Crippen MR) is 316 cm³/mol. The third-order valence-corrected chi connectivity index (χ3v) is 22.4. The lowest BCUT2D eigenvalue weighted by molar-refractivity contribution is 0.668. The lowest BCUT2D eigenvalue weighted by Crippen LogP contribution is -2.11. The van der Waals surface area contributed by atoms with Crippen LogP contribution in [0.1, 0.15) is 5.56 Å². The van der Waals surface area contributed by atoms with Gasteiger partial charge in [0.25, 0.3) is 0 Å². The zero-order valence-corrected chi connectivity index (χ0v) is 43.5. The quantitative estimate of drug-likeness (QED) is 0.122. The minimum absolute atomic E-state index is 0.558. The molecule has 0 N–H and O–H groups in total. The molecule has 5 nitrogen and oxygen atoms in total. The molecule has 0 aliphatic carbocycles. The molecule has 7 heteroatoms. The van der Waals surface area contributed by atoms with Gasteiger partial charge in [-0.1, -0.05) is 158 Å². The Morgan fingerprint density at radius 1 is 0.260 bits per heavy atom. The average Bonchev–Trinajstić information content (AvgIpc) is 4.08. The minimum atomic E-state index is -2.24. The summed E-state index contributed by atoms with van der Waals surface area (Å²) in [6.07, 6.45) is 0. The van der Waals surface area contributed by atoms with Gasteiger partial charge in [0, 0.05) is 68.5 Å². The fourth-order valence-electron chi connectivity index (χ4n) is 11.1. The van der Waals surface area contributed by atoms with E-state index in [4.69, 9.17) is 23.8 Å². The number of hydrogen-bond acceptors (Lipinski definition) is 5. The van der Waals surface area contributed by atoms with Gasteiger partial charge in [0.05, 0.1) is 0 Å². The molecule has 3 aromatic heterocycles. The second-order valence-electron chi connectivity index (χ2n) is 19.2. The van der Waals surface area contributed by atoms with E-state index in [0.29, 0.717) is 17.5 Å². The van der Waals surface area contributed by atoms with Gasteiger partial charge >= 0.3 is 0 Å². The number of rotatable bonds is 12. The van der Waals surface area contributed by atoms with Crippen LogP contribution in [0.3, 0.4) is 0 Å². The maximum atomic E-state index is 6.36. The summed E-state index contributed by atoms with van der Waals surface area (Å²) in [4.78, 5) is 25.2. The van der Waals surface area contributed by atoms with Crippen molar-refractivity contribution in [3.8, 4) is 34.2 Å². The third-order valence-electron chi connectivity index (χ3n) is 14.6. The van der Waals surface area contributed by atoms with E-state index in [2.05, 4.69) is 249 Å². The second-order valence-corrected chi connectivity index (χ2v) is 25.5. The summed E-state index contributed by atoms with van der Waals surface area (Å²) < 4.78 is 12.7. The van der Waals surface area contributed by atoms with E-state index in [1.807, 2.05) is 36.4 Å². The maximum absolute atomic E-state index is 6.36. The topological polar surface area (TPSA) is 65.0 Å². The van der Waals surface area contributed by atoms with E-state index < -0.39 is 20.1 Å². The van der Waals surface area contributed by atoms with Gasteiger partial charge in [-0.15, -0.1) is 10.0 Å². The molecule has 0 unspecified atom stereocenters. The second kappa shape index (κ2) is 19.5. The Labute approximate surface area is 449 Å². The molecule has 14 aromatic rings. The summed E-state index contributed by atoms with van der Waals surface area (Å²) in [5.41, 5.74) is 7.14. The molecule has 0 spiro atoms.